The summed E-state index contributed by atoms with van der Waals surface area (Å²) in [6, 6.07) is 13.2. The maximum Gasteiger partial charge on any atom is 0.226 e. The zero-order chi connectivity index (χ0) is 18.4. The minimum atomic E-state index is -0.151. The lowest BCUT2D eigenvalue weighted by molar-refractivity contribution is -0.117. The number of rotatable bonds is 6. The van der Waals surface area contributed by atoms with E-state index in [0.29, 0.717) is 17.3 Å². The highest BCUT2D eigenvalue weighted by atomic mass is 35.5. The summed E-state index contributed by atoms with van der Waals surface area (Å²) in [7, 11) is 0. The Kier molecular flexibility index (Phi) is 6.59. The third-order valence-corrected chi connectivity index (χ3v) is 4.55. The van der Waals surface area contributed by atoms with Crippen LogP contribution in [0.3, 0.4) is 0 Å². The van der Waals surface area contributed by atoms with Crippen molar-refractivity contribution in [2.75, 3.05) is 16.8 Å². The quantitative estimate of drug-likeness (QED) is 0.820. The van der Waals surface area contributed by atoms with Gasteiger partial charge in [-0.2, -0.15) is 0 Å². The molecule has 0 atom stereocenters. The minimum absolute atomic E-state index is 0.0871. The molecule has 0 spiro atoms. The summed E-state index contributed by atoms with van der Waals surface area (Å²) >= 11 is 6.07. The number of halogens is 1. The highest BCUT2D eigenvalue weighted by Crippen LogP contribution is 2.23. The van der Waals surface area contributed by atoms with E-state index in [1.165, 1.54) is 12.5 Å². The van der Waals surface area contributed by atoms with Crippen LogP contribution in [0, 0.1) is 6.92 Å². The summed E-state index contributed by atoms with van der Waals surface area (Å²) in [5.41, 5.74) is 3.54. The van der Waals surface area contributed by atoms with Crippen molar-refractivity contribution in [3.8, 4) is 0 Å². The van der Waals surface area contributed by atoms with E-state index in [1.807, 2.05) is 37.3 Å². The van der Waals surface area contributed by atoms with E-state index in [1.54, 1.807) is 17.0 Å². The van der Waals surface area contributed by atoms with Gasteiger partial charge in [0.25, 0.3) is 0 Å². The number of nitrogens with one attached hydrogen (secondary N) is 1. The minimum Gasteiger partial charge on any atom is -0.326 e. The Labute approximate surface area is 153 Å². The fourth-order valence-corrected chi connectivity index (χ4v) is 2.72. The van der Waals surface area contributed by atoms with Gasteiger partial charge in [-0.05, 0) is 48.7 Å². The number of aryl methyl sites for hydroxylation is 1. The van der Waals surface area contributed by atoms with Crippen LogP contribution in [0.5, 0.6) is 0 Å². The second kappa shape index (κ2) is 8.67. The second-order valence-electron chi connectivity index (χ2n) is 5.90. The lowest BCUT2D eigenvalue weighted by Gasteiger charge is -2.21. The molecule has 0 saturated carbocycles. The van der Waals surface area contributed by atoms with Crippen LogP contribution in [0.25, 0.3) is 0 Å². The lowest BCUT2D eigenvalue weighted by atomic mass is 10.1. The summed E-state index contributed by atoms with van der Waals surface area (Å²) in [6.45, 7) is 5.77. The van der Waals surface area contributed by atoms with E-state index in [4.69, 9.17) is 11.6 Å². The normalized spacial score (nSPS) is 10.4. The summed E-state index contributed by atoms with van der Waals surface area (Å²) in [5.74, 6) is -0.238. The second-order valence-corrected chi connectivity index (χ2v) is 6.31. The molecule has 0 aliphatic heterocycles. The van der Waals surface area contributed by atoms with Gasteiger partial charge in [-0.1, -0.05) is 36.7 Å². The summed E-state index contributed by atoms with van der Waals surface area (Å²) in [5, 5.41) is 3.46. The van der Waals surface area contributed by atoms with Crippen LogP contribution in [-0.4, -0.2) is 18.4 Å². The maximum atomic E-state index is 12.2. The summed E-state index contributed by atoms with van der Waals surface area (Å²) in [6.07, 6.45) is 1.16. The number of carbonyl (C=O) groups is 2. The van der Waals surface area contributed by atoms with Crippen molar-refractivity contribution in [2.24, 2.45) is 0 Å². The molecule has 0 radical (unpaired) electrons. The molecule has 2 amide bonds. The van der Waals surface area contributed by atoms with Crippen molar-refractivity contribution in [3.05, 3.63) is 58.6 Å². The third-order valence-electron chi connectivity index (χ3n) is 4.14. The zero-order valence-corrected chi connectivity index (χ0v) is 15.6. The largest absolute Gasteiger partial charge is 0.326 e. The molecule has 0 bridgehead atoms. The number of nitrogens with zero attached hydrogens (tertiary/aromatic N) is 1. The molecule has 132 valence electrons. The highest BCUT2D eigenvalue weighted by Gasteiger charge is 2.14. The topological polar surface area (TPSA) is 49.4 Å². The van der Waals surface area contributed by atoms with Crippen LogP contribution in [0.15, 0.2) is 42.5 Å². The van der Waals surface area contributed by atoms with Crippen molar-refractivity contribution in [1.82, 2.24) is 0 Å². The summed E-state index contributed by atoms with van der Waals surface area (Å²) < 4.78 is 0. The maximum absolute atomic E-state index is 12.2. The average molecular weight is 359 g/mol. The van der Waals surface area contributed by atoms with E-state index in [2.05, 4.69) is 12.2 Å². The first-order chi connectivity index (χ1) is 11.9. The van der Waals surface area contributed by atoms with Gasteiger partial charge in [-0.15, -0.1) is 0 Å². The number of hydrogen-bond donors (Lipinski definition) is 1. The molecular weight excluding hydrogens is 336 g/mol. The molecule has 0 aromatic heterocycles. The predicted molar refractivity (Wildman–Crippen MR) is 103 cm³/mol. The molecule has 0 fully saturated rings. The fourth-order valence-electron chi connectivity index (χ4n) is 2.55. The standard InChI is InChI=1S/C20H23ClN2O2/c1-4-16-8-10-17(11-9-16)23(15(3)24)13-12-20(25)22-19-7-5-6-18(21)14(19)2/h5-11H,4,12-13H2,1-3H3,(H,22,25). The molecule has 0 saturated heterocycles. The van der Waals surface area contributed by atoms with Crippen molar-refractivity contribution in [3.63, 3.8) is 0 Å². The molecule has 1 N–H and O–H groups in total. The highest BCUT2D eigenvalue weighted by molar-refractivity contribution is 6.31. The number of benzene rings is 2. The van der Waals surface area contributed by atoms with Crippen LogP contribution in [0.1, 0.15) is 31.4 Å². The van der Waals surface area contributed by atoms with E-state index >= 15 is 0 Å². The van der Waals surface area contributed by atoms with Crippen LogP contribution in [0.4, 0.5) is 11.4 Å². The Bertz CT molecular complexity index is 757. The van der Waals surface area contributed by atoms with E-state index in [0.717, 1.165) is 17.7 Å². The van der Waals surface area contributed by atoms with Gasteiger partial charge in [0.1, 0.15) is 0 Å². The smallest absolute Gasteiger partial charge is 0.226 e. The first-order valence-corrected chi connectivity index (χ1v) is 8.72. The zero-order valence-electron chi connectivity index (χ0n) is 14.8. The number of hydrogen-bond acceptors (Lipinski definition) is 2. The van der Waals surface area contributed by atoms with E-state index in [-0.39, 0.29) is 18.2 Å². The van der Waals surface area contributed by atoms with Crippen LogP contribution >= 0.6 is 11.6 Å². The Morgan fingerprint density at radius 2 is 1.80 bits per heavy atom. The number of amides is 2. The van der Waals surface area contributed by atoms with Crippen LogP contribution < -0.4 is 10.2 Å². The lowest BCUT2D eigenvalue weighted by Crippen LogP contribution is -2.32. The monoisotopic (exact) mass is 358 g/mol. The third kappa shape index (κ3) is 5.07. The van der Waals surface area contributed by atoms with Gasteiger partial charge in [0, 0.05) is 36.3 Å². The molecule has 2 rings (SSSR count). The first-order valence-electron chi connectivity index (χ1n) is 8.34. The Morgan fingerprint density at radius 1 is 1.12 bits per heavy atom. The SMILES string of the molecule is CCc1ccc(N(CCC(=O)Nc2cccc(Cl)c2C)C(C)=O)cc1. The molecule has 0 aliphatic rings. The van der Waals surface area contributed by atoms with Crippen molar-refractivity contribution in [2.45, 2.75) is 33.6 Å². The van der Waals surface area contributed by atoms with Gasteiger partial charge in [0.2, 0.25) is 11.8 Å². The van der Waals surface area contributed by atoms with Gasteiger partial charge in [0.15, 0.2) is 0 Å². The van der Waals surface area contributed by atoms with Crippen molar-refractivity contribution < 1.29 is 9.59 Å². The van der Waals surface area contributed by atoms with Crippen LogP contribution in [0.2, 0.25) is 5.02 Å². The number of carbonyl (C=O) groups excluding carboxylic acids is 2. The van der Waals surface area contributed by atoms with Gasteiger partial charge in [-0.25, -0.2) is 0 Å². The van der Waals surface area contributed by atoms with Crippen molar-refractivity contribution in [1.29, 1.82) is 0 Å². The molecule has 2 aromatic carbocycles. The molecule has 2 aromatic rings. The van der Waals surface area contributed by atoms with E-state index < -0.39 is 0 Å². The van der Waals surface area contributed by atoms with Crippen molar-refractivity contribution >= 4 is 34.8 Å². The van der Waals surface area contributed by atoms with E-state index in [9.17, 15) is 9.59 Å². The van der Waals surface area contributed by atoms with Gasteiger partial charge >= 0.3 is 0 Å². The Hall–Kier alpha value is -2.33. The van der Waals surface area contributed by atoms with Gasteiger partial charge < -0.3 is 10.2 Å². The number of anilines is 2. The molecule has 0 aliphatic carbocycles. The Morgan fingerprint density at radius 3 is 2.40 bits per heavy atom. The fraction of sp³-hybridized carbons (Fsp3) is 0.300. The predicted octanol–water partition coefficient (Wildman–Crippen LogP) is 4.59. The van der Waals surface area contributed by atoms with Gasteiger partial charge in [0.05, 0.1) is 0 Å². The first kappa shape index (κ1) is 19.0. The Balaban J connectivity index is 2.01. The molecule has 5 heteroatoms. The molecular formula is C20H23ClN2O2. The molecule has 25 heavy (non-hydrogen) atoms. The molecule has 4 nitrogen and oxygen atoms in total. The van der Waals surface area contributed by atoms with Gasteiger partial charge in [-0.3, -0.25) is 9.59 Å². The summed E-state index contributed by atoms with van der Waals surface area (Å²) in [4.78, 5) is 25.8. The van der Waals surface area contributed by atoms with Crippen LogP contribution in [-0.2, 0) is 16.0 Å². The average Bonchev–Trinajstić information content (AvgIpc) is 2.59. The molecule has 0 heterocycles. The molecule has 0 unspecified atom stereocenters.